The van der Waals surface area contributed by atoms with Crippen LogP contribution in [0.1, 0.15) is 28.3 Å². The van der Waals surface area contributed by atoms with E-state index in [0.717, 1.165) is 11.1 Å². The minimum absolute atomic E-state index is 0.207. The third kappa shape index (κ3) is 2.84. The number of nitrogens with one attached hydrogen (secondary N) is 1. The highest BCUT2D eigenvalue weighted by molar-refractivity contribution is 6.31. The van der Waals surface area contributed by atoms with Crippen LogP contribution in [0.15, 0.2) is 30.3 Å². The molecular formula is C16H16ClF2N. The number of rotatable bonds is 3. The van der Waals surface area contributed by atoms with Gasteiger partial charge >= 0.3 is 0 Å². The summed E-state index contributed by atoms with van der Waals surface area (Å²) in [4.78, 5) is 0. The second-order valence-corrected chi connectivity index (χ2v) is 5.26. The summed E-state index contributed by atoms with van der Waals surface area (Å²) in [5.74, 6) is -0.575. The molecule has 0 fully saturated rings. The van der Waals surface area contributed by atoms with Crippen LogP contribution in [0, 0.1) is 25.5 Å². The van der Waals surface area contributed by atoms with E-state index in [1.165, 1.54) is 12.1 Å². The van der Waals surface area contributed by atoms with Crippen molar-refractivity contribution in [2.24, 2.45) is 0 Å². The minimum atomic E-state index is -0.330. The van der Waals surface area contributed by atoms with Crippen molar-refractivity contribution >= 4 is 11.6 Å². The lowest BCUT2D eigenvalue weighted by Crippen LogP contribution is -2.18. The quantitative estimate of drug-likeness (QED) is 0.876. The summed E-state index contributed by atoms with van der Waals surface area (Å²) in [7, 11) is 1.79. The van der Waals surface area contributed by atoms with Crippen LogP contribution in [-0.2, 0) is 0 Å². The summed E-state index contributed by atoms with van der Waals surface area (Å²) in [6.07, 6.45) is 0. The fourth-order valence-corrected chi connectivity index (χ4v) is 2.51. The molecule has 0 aliphatic rings. The largest absolute Gasteiger partial charge is 0.309 e. The van der Waals surface area contributed by atoms with Gasteiger partial charge in [0.05, 0.1) is 6.04 Å². The Morgan fingerprint density at radius 1 is 1.00 bits per heavy atom. The molecule has 0 saturated carbocycles. The Morgan fingerprint density at radius 3 is 2.25 bits per heavy atom. The Kier molecular flexibility index (Phi) is 4.41. The molecule has 1 nitrogen and oxygen atoms in total. The van der Waals surface area contributed by atoms with Crippen molar-refractivity contribution < 1.29 is 8.78 Å². The van der Waals surface area contributed by atoms with Crippen molar-refractivity contribution in [3.8, 4) is 0 Å². The molecule has 0 radical (unpaired) electrons. The van der Waals surface area contributed by atoms with Gasteiger partial charge in [-0.15, -0.1) is 0 Å². The lowest BCUT2D eigenvalue weighted by molar-refractivity contribution is 0.610. The maximum absolute atomic E-state index is 13.5. The Morgan fingerprint density at radius 2 is 1.65 bits per heavy atom. The number of hydrogen-bond donors (Lipinski definition) is 1. The summed E-state index contributed by atoms with van der Waals surface area (Å²) in [5, 5.41) is 3.50. The lowest BCUT2D eigenvalue weighted by Gasteiger charge is -2.20. The van der Waals surface area contributed by atoms with Crippen molar-refractivity contribution in [2.45, 2.75) is 19.9 Å². The molecule has 0 amide bonds. The molecule has 1 atom stereocenters. The Bertz CT molecular complexity index is 641. The monoisotopic (exact) mass is 295 g/mol. The van der Waals surface area contributed by atoms with E-state index in [1.807, 2.05) is 0 Å². The van der Waals surface area contributed by atoms with Crippen LogP contribution < -0.4 is 5.32 Å². The zero-order chi connectivity index (χ0) is 14.9. The van der Waals surface area contributed by atoms with E-state index < -0.39 is 0 Å². The first-order valence-corrected chi connectivity index (χ1v) is 6.70. The molecule has 0 bridgehead atoms. The van der Waals surface area contributed by atoms with Gasteiger partial charge in [0.1, 0.15) is 11.6 Å². The topological polar surface area (TPSA) is 12.0 Å². The molecule has 2 aromatic carbocycles. The average Bonchev–Trinajstić information content (AvgIpc) is 2.40. The van der Waals surface area contributed by atoms with Crippen molar-refractivity contribution in [3.05, 3.63) is 69.2 Å². The lowest BCUT2D eigenvalue weighted by atomic mass is 9.96. The van der Waals surface area contributed by atoms with E-state index in [9.17, 15) is 8.78 Å². The number of aryl methyl sites for hydroxylation is 2. The molecule has 0 spiro atoms. The fraction of sp³-hybridized carbons (Fsp3) is 0.250. The van der Waals surface area contributed by atoms with Crippen LogP contribution in [0.5, 0.6) is 0 Å². The molecule has 1 unspecified atom stereocenters. The van der Waals surface area contributed by atoms with Gasteiger partial charge in [-0.05, 0) is 61.3 Å². The van der Waals surface area contributed by atoms with Gasteiger partial charge < -0.3 is 5.32 Å². The Balaban J connectivity index is 2.52. The first-order valence-electron chi connectivity index (χ1n) is 6.33. The minimum Gasteiger partial charge on any atom is -0.309 e. The summed E-state index contributed by atoms with van der Waals surface area (Å²) in [6, 6.07) is 7.73. The molecular weight excluding hydrogens is 280 g/mol. The van der Waals surface area contributed by atoms with Crippen molar-refractivity contribution in [3.63, 3.8) is 0 Å². The predicted molar refractivity (Wildman–Crippen MR) is 78.2 cm³/mol. The van der Waals surface area contributed by atoms with Crippen molar-refractivity contribution in [1.29, 1.82) is 0 Å². The first-order chi connectivity index (χ1) is 9.43. The number of hydrogen-bond acceptors (Lipinski definition) is 1. The molecule has 0 aromatic heterocycles. The molecule has 106 valence electrons. The molecule has 1 N–H and O–H groups in total. The molecule has 20 heavy (non-hydrogen) atoms. The zero-order valence-corrected chi connectivity index (χ0v) is 12.4. The molecule has 0 aliphatic carbocycles. The van der Waals surface area contributed by atoms with E-state index >= 15 is 0 Å². The SMILES string of the molecule is CNC(c1ccc(F)c(C)c1)c1cc(C)c(F)cc1Cl. The molecule has 0 saturated heterocycles. The van der Waals surface area contributed by atoms with E-state index in [-0.39, 0.29) is 17.7 Å². The van der Waals surface area contributed by atoms with Crippen molar-refractivity contribution in [1.82, 2.24) is 5.32 Å². The summed E-state index contributed by atoms with van der Waals surface area (Å²) >= 11 is 6.14. The third-order valence-corrected chi connectivity index (χ3v) is 3.72. The standard InChI is InChI=1S/C16H16ClF2N/c1-9-6-11(4-5-14(9)18)16(20-3)12-7-10(2)15(19)8-13(12)17/h4-8,16,20H,1-3H3. The predicted octanol–water partition coefficient (Wildman–Crippen LogP) is 4.54. The van der Waals surface area contributed by atoms with Crippen LogP contribution in [0.4, 0.5) is 8.78 Å². The van der Waals surface area contributed by atoms with E-state index in [0.29, 0.717) is 16.1 Å². The van der Waals surface area contributed by atoms with Gasteiger partial charge in [-0.3, -0.25) is 0 Å². The van der Waals surface area contributed by atoms with Crippen LogP contribution in [0.2, 0.25) is 5.02 Å². The van der Waals surface area contributed by atoms with E-state index in [2.05, 4.69) is 5.32 Å². The second kappa shape index (κ2) is 5.90. The summed E-state index contributed by atoms with van der Waals surface area (Å²) in [6.45, 7) is 3.40. The first kappa shape index (κ1) is 14.9. The smallest absolute Gasteiger partial charge is 0.127 e. The van der Waals surface area contributed by atoms with Crippen LogP contribution in [0.3, 0.4) is 0 Å². The molecule has 0 heterocycles. The van der Waals surface area contributed by atoms with E-state index in [4.69, 9.17) is 11.6 Å². The summed E-state index contributed by atoms with van der Waals surface area (Å²) < 4.78 is 26.9. The van der Waals surface area contributed by atoms with Gasteiger partial charge in [-0.25, -0.2) is 8.78 Å². The van der Waals surface area contributed by atoms with Gasteiger partial charge in [0, 0.05) is 5.02 Å². The highest BCUT2D eigenvalue weighted by Gasteiger charge is 2.17. The van der Waals surface area contributed by atoms with Crippen molar-refractivity contribution in [2.75, 3.05) is 7.05 Å². The molecule has 2 rings (SSSR count). The van der Waals surface area contributed by atoms with Gasteiger partial charge in [0.2, 0.25) is 0 Å². The van der Waals surface area contributed by atoms with E-state index in [1.54, 1.807) is 39.1 Å². The molecule has 4 heteroatoms. The van der Waals surface area contributed by atoms with Gasteiger partial charge in [-0.2, -0.15) is 0 Å². The van der Waals surface area contributed by atoms with Crippen LogP contribution >= 0.6 is 11.6 Å². The van der Waals surface area contributed by atoms with Gasteiger partial charge in [0.25, 0.3) is 0 Å². The highest BCUT2D eigenvalue weighted by atomic mass is 35.5. The Hall–Kier alpha value is -1.45. The second-order valence-electron chi connectivity index (χ2n) is 4.85. The number of benzene rings is 2. The molecule has 0 aliphatic heterocycles. The average molecular weight is 296 g/mol. The fourth-order valence-electron chi connectivity index (χ4n) is 2.25. The van der Waals surface area contributed by atoms with Crippen LogP contribution in [0.25, 0.3) is 0 Å². The third-order valence-electron chi connectivity index (χ3n) is 3.39. The van der Waals surface area contributed by atoms with Gasteiger partial charge in [0.15, 0.2) is 0 Å². The maximum atomic E-state index is 13.5. The maximum Gasteiger partial charge on any atom is 0.127 e. The summed E-state index contributed by atoms with van der Waals surface area (Å²) in [5.41, 5.74) is 2.76. The highest BCUT2D eigenvalue weighted by Crippen LogP contribution is 2.31. The number of halogens is 3. The Labute approximate surface area is 122 Å². The van der Waals surface area contributed by atoms with Crippen LogP contribution in [-0.4, -0.2) is 7.05 Å². The van der Waals surface area contributed by atoms with Gasteiger partial charge in [-0.1, -0.05) is 23.7 Å². The zero-order valence-electron chi connectivity index (χ0n) is 11.6. The molecule has 2 aromatic rings. The normalized spacial score (nSPS) is 12.5.